The number of rotatable bonds is 1. The summed E-state index contributed by atoms with van der Waals surface area (Å²) in [5.41, 5.74) is 1.89. The summed E-state index contributed by atoms with van der Waals surface area (Å²) >= 11 is 0. The molecule has 9 heavy (non-hydrogen) atoms. The van der Waals surface area contributed by atoms with Crippen molar-refractivity contribution in [3.63, 3.8) is 0 Å². The van der Waals surface area contributed by atoms with E-state index < -0.39 is 5.97 Å². The molecule has 0 saturated carbocycles. The van der Waals surface area contributed by atoms with Crippen LogP contribution < -0.4 is 0 Å². The molecule has 0 aromatic carbocycles. The molecule has 0 aliphatic heterocycles. The third-order valence-electron chi connectivity index (χ3n) is 0.494. The molecule has 0 fully saturated rings. The van der Waals surface area contributed by atoms with Crippen LogP contribution in [0.3, 0.4) is 0 Å². The molecule has 3 heteroatoms. The van der Waals surface area contributed by atoms with Crippen molar-refractivity contribution in [1.82, 2.24) is 0 Å². The van der Waals surface area contributed by atoms with E-state index in [-0.39, 0.29) is 5.92 Å². The second-order valence-electron chi connectivity index (χ2n) is 1.90. The highest BCUT2D eigenvalue weighted by atomic mass is 28.1. The van der Waals surface area contributed by atoms with Crippen molar-refractivity contribution in [2.45, 2.75) is 13.8 Å². The van der Waals surface area contributed by atoms with E-state index in [1.807, 2.05) is 5.70 Å². The summed E-state index contributed by atoms with van der Waals surface area (Å²) in [5.74, 6) is -0.972. The topological polar surface area (TPSA) is 37.3 Å². The molecule has 1 N–H and O–H groups in total. The van der Waals surface area contributed by atoms with Gasteiger partial charge in [-0.3, -0.25) is 4.79 Å². The fourth-order valence-electron chi connectivity index (χ4n) is 0. The molecule has 0 aliphatic rings. The highest BCUT2D eigenvalue weighted by Crippen LogP contribution is 1.87. The molecular formula is C6H14O2Si. The summed E-state index contributed by atoms with van der Waals surface area (Å²) in [6.07, 6.45) is 0. The van der Waals surface area contributed by atoms with E-state index in [1.54, 1.807) is 13.8 Å². The summed E-state index contributed by atoms with van der Waals surface area (Å²) in [5, 5.41) is 7.99. The fourth-order valence-corrected chi connectivity index (χ4v) is 0. The Labute approximate surface area is 59.0 Å². The van der Waals surface area contributed by atoms with Crippen LogP contribution in [0, 0.1) is 5.92 Å². The van der Waals surface area contributed by atoms with E-state index in [0.29, 0.717) is 0 Å². The molecule has 2 nitrogen and oxygen atoms in total. The highest BCUT2D eigenvalue weighted by molar-refractivity contribution is 6.16. The predicted molar refractivity (Wildman–Crippen MR) is 42.6 cm³/mol. The first-order valence-electron chi connectivity index (χ1n) is 2.86. The minimum Gasteiger partial charge on any atom is -0.481 e. The lowest BCUT2D eigenvalue weighted by Gasteiger charge is -1.89. The lowest BCUT2D eigenvalue weighted by molar-refractivity contribution is -0.140. The van der Waals surface area contributed by atoms with Crippen LogP contribution >= 0.6 is 0 Å². The van der Waals surface area contributed by atoms with Crippen LogP contribution in [0.25, 0.3) is 0 Å². The molecule has 0 spiro atoms. The normalized spacial score (nSPS) is 7.89. The van der Waals surface area contributed by atoms with Gasteiger partial charge in [0, 0.05) is 10.2 Å². The quantitative estimate of drug-likeness (QED) is 0.537. The maximum Gasteiger partial charge on any atom is 0.305 e. The second-order valence-corrected chi connectivity index (χ2v) is 2.72. The predicted octanol–water partition coefficient (Wildman–Crippen LogP) is 0.222. The zero-order valence-electron chi connectivity index (χ0n) is 6.22. The molecule has 0 bridgehead atoms. The maximum absolute atomic E-state index is 9.70. The fraction of sp³-hybridized carbons (Fsp3) is 0.500. The molecule has 0 rings (SSSR count). The SMILES string of the molecule is C=C[SiH3].CC(C)C(=O)O. The molecule has 0 atom stereocenters. The van der Waals surface area contributed by atoms with Gasteiger partial charge in [0.15, 0.2) is 0 Å². The summed E-state index contributed by atoms with van der Waals surface area (Å²) in [6, 6.07) is 0. The van der Waals surface area contributed by atoms with E-state index in [9.17, 15) is 4.79 Å². The van der Waals surface area contributed by atoms with E-state index in [4.69, 9.17) is 5.11 Å². The van der Waals surface area contributed by atoms with Crippen LogP contribution in [0.15, 0.2) is 12.3 Å². The molecule has 0 radical (unpaired) electrons. The molecule has 0 heterocycles. The molecule has 0 saturated heterocycles. The van der Waals surface area contributed by atoms with Gasteiger partial charge in [0.1, 0.15) is 0 Å². The minimum absolute atomic E-state index is 0.231. The second kappa shape index (κ2) is 7.43. The maximum atomic E-state index is 9.70. The highest BCUT2D eigenvalue weighted by Gasteiger charge is 1.99. The van der Waals surface area contributed by atoms with E-state index in [2.05, 4.69) is 6.58 Å². The molecule has 0 aromatic rings. The lowest BCUT2D eigenvalue weighted by Crippen LogP contribution is -2.03. The van der Waals surface area contributed by atoms with Crippen LogP contribution in [0.5, 0.6) is 0 Å². The number of hydrogen-bond acceptors (Lipinski definition) is 1. The molecular weight excluding hydrogens is 132 g/mol. The Kier molecular flexibility index (Phi) is 9.29. The first-order chi connectivity index (χ1) is 4.06. The Hall–Kier alpha value is -0.573. The monoisotopic (exact) mass is 146 g/mol. The molecule has 54 valence electrons. The van der Waals surface area contributed by atoms with Gasteiger partial charge >= 0.3 is 5.97 Å². The van der Waals surface area contributed by atoms with Crippen LogP contribution in [0.1, 0.15) is 13.8 Å². The van der Waals surface area contributed by atoms with Crippen molar-refractivity contribution < 1.29 is 9.90 Å². The van der Waals surface area contributed by atoms with Crippen molar-refractivity contribution in [2.75, 3.05) is 0 Å². The smallest absolute Gasteiger partial charge is 0.305 e. The van der Waals surface area contributed by atoms with Gasteiger partial charge in [0.2, 0.25) is 0 Å². The van der Waals surface area contributed by atoms with E-state index >= 15 is 0 Å². The van der Waals surface area contributed by atoms with Crippen LogP contribution in [-0.4, -0.2) is 21.3 Å². The molecule has 0 aromatic heterocycles. The lowest BCUT2D eigenvalue weighted by atomic mass is 10.2. The molecule has 0 amide bonds. The standard InChI is InChI=1S/C4H8O2.C2H6Si/c1-3(2)4(5)6;1-2-3/h3H,1-2H3,(H,5,6);2H,1H2,3H3. The Morgan fingerprint density at radius 1 is 1.78 bits per heavy atom. The summed E-state index contributed by atoms with van der Waals surface area (Å²) < 4.78 is 0. The zero-order valence-corrected chi connectivity index (χ0v) is 8.22. The van der Waals surface area contributed by atoms with Gasteiger partial charge in [-0.1, -0.05) is 13.8 Å². The summed E-state index contributed by atoms with van der Waals surface area (Å²) in [7, 11) is 1.13. The Balaban J connectivity index is 0. The summed E-state index contributed by atoms with van der Waals surface area (Å²) in [4.78, 5) is 9.70. The Morgan fingerprint density at radius 3 is 1.89 bits per heavy atom. The van der Waals surface area contributed by atoms with Gasteiger partial charge in [-0.25, -0.2) is 0 Å². The molecule has 0 aliphatic carbocycles. The number of carboxylic acids is 1. The summed E-state index contributed by atoms with van der Waals surface area (Å²) in [6.45, 7) is 6.71. The Bertz CT molecular complexity index is 89.1. The van der Waals surface area contributed by atoms with Crippen molar-refractivity contribution >= 4 is 16.2 Å². The van der Waals surface area contributed by atoms with Gasteiger partial charge in [-0.2, -0.15) is 0 Å². The van der Waals surface area contributed by atoms with Crippen molar-refractivity contribution in [3.8, 4) is 0 Å². The van der Waals surface area contributed by atoms with Crippen LogP contribution in [0.4, 0.5) is 0 Å². The number of carboxylic acid groups (broad SMARTS) is 1. The molecule has 0 unspecified atom stereocenters. The van der Waals surface area contributed by atoms with Crippen LogP contribution in [-0.2, 0) is 4.79 Å². The number of aliphatic carboxylic acids is 1. The van der Waals surface area contributed by atoms with E-state index in [0.717, 1.165) is 10.2 Å². The number of hydrogen-bond donors (Lipinski definition) is 1. The van der Waals surface area contributed by atoms with Gasteiger partial charge in [-0.15, -0.1) is 12.3 Å². The van der Waals surface area contributed by atoms with Gasteiger partial charge in [0.05, 0.1) is 5.92 Å². The first-order valence-corrected chi connectivity index (χ1v) is 4.01. The first kappa shape index (κ1) is 11.3. The Morgan fingerprint density at radius 2 is 1.89 bits per heavy atom. The largest absolute Gasteiger partial charge is 0.481 e. The van der Waals surface area contributed by atoms with Crippen molar-refractivity contribution in [1.29, 1.82) is 0 Å². The zero-order chi connectivity index (χ0) is 7.86. The number of carbonyl (C=O) groups is 1. The third kappa shape index (κ3) is 18.6. The van der Waals surface area contributed by atoms with Gasteiger partial charge in [0.25, 0.3) is 0 Å². The van der Waals surface area contributed by atoms with Gasteiger partial charge in [-0.05, 0) is 0 Å². The average Bonchev–Trinajstić information content (AvgIpc) is 1.68. The van der Waals surface area contributed by atoms with Crippen LogP contribution in [0.2, 0.25) is 0 Å². The third-order valence-corrected chi connectivity index (χ3v) is 0.494. The van der Waals surface area contributed by atoms with E-state index in [1.165, 1.54) is 0 Å². The minimum atomic E-state index is -0.741. The van der Waals surface area contributed by atoms with Gasteiger partial charge < -0.3 is 5.11 Å². The van der Waals surface area contributed by atoms with Crippen molar-refractivity contribution in [3.05, 3.63) is 12.3 Å². The average molecular weight is 146 g/mol. The van der Waals surface area contributed by atoms with Crippen molar-refractivity contribution in [2.24, 2.45) is 5.92 Å².